The van der Waals surface area contributed by atoms with E-state index >= 15 is 0 Å². The van der Waals surface area contributed by atoms with Gasteiger partial charge < -0.3 is 4.74 Å². The number of carbonyl (C=O) groups is 1. The zero-order valence-corrected chi connectivity index (χ0v) is 12.3. The lowest BCUT2D eigenvalue weighted by atomic mass is 9.95. The molecule has 20 heavy (non-hydrogen) atoms. The molecule has 2 nitrogen and oxygen atoms in total. The molecule has 0 amide bonds. The van der Waals surface area contributed by atoms with E-state index < -0.39 is 0 Å². The summed E-state index contributed by atoms with van der Waals surface area (Å²) in [7, 11) is 0. The Bertz CT molecular complexity index is 577. The monoisotopic (exact) mass is 268 g/mol. The van der Waals surface area contributed by atoms with Crippen molar-refractivity contribution < 1.29 is 9.53 Å². The summed E-state index contributed by atoms with van der Waals surface area (Å²) in [6, 6.07) is 13.5. The molecule has 0 fully saturated rings. The SMILES string of the molecule is CCOc1ccc(C(=O)Cc2c(C)cccc2C)cc1. The summed E-state index contributed by atoms with van der Waals surface area (Å²) in [4.78, 5) is 12.3. The van der Waals surface area contributed by atoms with Crippen molar-refractivity contribution in [2.75, 3.05) is 6.61 Å². The number of hydrogen-bond donors (Lipinski definition) is 0. The highest BCUT2D eigenvalue weighted by molar-refractivity contribution is 5.97. The van der Waals surface area contributed by atoms with Crippen LogP contribution < -0.4 is 4.74 Å². The Morgan fingerprint density at radius 1 is 1.00 bits per heavy atom. The predicted octanol–water partition coefficient (Wildman–Crippen LogP) is 4.13. The van der Waals surface area contributed by atoms with Gasteiger partial charge in [-0.3, -0.25) is 4.79 Å². The van der Waals surface area contributed by atoms with Crippen LogP contribution in [0.5, 0.6) is 5.75 Å². The van der Waals surface area contributed by atoms with Crippen LogP contribution in [0.1, 0.15) is 34.0 Å². The topological polar surface area (TPSA) is 26.3 Å². The highest BCUT2D eigenvalue weighted by Gasteiger charge is 2.10. The van der Waals surface area contributed by atoms with Gasteiger partial charge in [-0.1, -0.05) is 18.2 Å². The second-order valence-corrected chi connectivity index (χ2v) is 4.93. The Balaban J connectivity index is 2.16. The van der Waals surface area contributed by atoms with Crippen LogP contribution in [0, 0.1) is 13.8 Å². The van der Waals surface area contributed by atoms with Crippen molar-refractivity contribution in [2.45, 2.75) is 27.2 Å². The van der Waals surface area contributed by atoms with Crippen LogP contribution in [-0.2, 0) is 6.42 Å². The van der Waals surface area contributed by atoms with Gasteiger partial charge in [0.25, 0.3) is 0 Å². The Hall–Kier alpha value is -2.09. The molecule has 0 atom stereocenters. The number of rotatable bonds is 5. The van der Waals surface area contributed by atoms with E-state index in [9.17, 15) is 4.79 Å². The van der Waals surface area contributed by atoms with Crippen molar-refractivity contribution in [2.24, 2.45) is 0 Å². The van der Waals surface area contributed by atoms with Crippen LogP contribution in [0.25, 0.3) is 0 Å². The van der Waals surface area contributed by atoms with E-state index in [0.29, 0.717) is 13.0 Å². The van der Waals surface area contributed by atoms with Gasteiger partial charge >= 0.3 is 0 Å². The molecular weight excluding hydrogens is 248 g/mol. The van der Waals surface area contributed by atoms with Crippen LogP contribution in [0.4, 0.5) is 0 Å². The van der Waals surface area contributed by atoms with E-state index in [1.165, 1.54) is 11.1 Å². The lowest BCUT2D eigenvalue weighted by Gasteiger charge is -2.09. The molecule has 2 rings (SSSR count). The standard InChI is InChI=1S/C18H20O2/c1-4-20-16-10-8-15(9-11-16)18(19)12-17-13(2)6-5-7-14(17)3/h5-11H,4,12H2,1-3H3. The van der Waals surface area contributed by atoms with Crippen LogP contribution >= 0.6 is 0 Å². The lowest BCUT2D eigenvalue weighted by molar-refractivity contribution is 0.0992. The molecule has 0 saturated carbocycles. The molecule has 2 aromatic rings. The molecule has 0 aliphatic carbocycles. The second kappa shape index (κ2) is 6.38. The number of ether oxygens (including phenoxy) is 1. The van der Waals surface area contributed by atoms with Crippen molar-refractivity contribution in [1.82, 2.24) is 0 Å². The van der Waals surface area contributed by atoms with Crippen LogP contribution in [0.2, 0.25) is 0 Å². The molecule has 0 N–H and O–H groups in total. The molecule has 2 heteroatoms. The van der Waals surface area contributed by atoms with Crippen molar-refractivity contribution in [3.8, 4) is 5.75 Å². The van der Waals surface area contributed by atoms with Gasteiger partial charge in [-0.2, -0.15) is 0 Å². The van der Waals surface area contributed by atoms with Crippen molar-refractivity contribution in [3.63, 3.8) is 0 Å². The largest absolute Gasteiger partial charge is 0.494 e. The van der Waals surface area contributed by atoms with E-state index in [1.807, 2.05) is 63.2 Å². The van der Waals surface area contributed by atoms with Gasteiger partial charge in [0.2, 0.25) is 0 Å². The first-order valence-corrected chi connectivity index (χ1v) is 6.93. The maximum atomic E-state index is 12.3. The summed E-state index contributed by atoms with van der Waals surface area (Å²) >= 11 is 0. The molecule has 0 heterocycles. The van der Waals surface area contributed by atoms with E-state index in [1.54, 1.807) is 0 Å². The minimum Gasteiger partial charge on any atom is -0.494 e. The normalized spacial score (nSPS) is 10.3. The summed E-state index contributed by atoms with van der Waals surface area (Å²) < 4.78 is 5.39. The van der Waals surface area contributed by atoms with Gasteiger partial charge in [-0.05, 0) is 61.7 Å². The third kappa shape index (κ3) is 3.27. The minimum atomic E-state index is 0.144. The van der Waals surface area contributed by atoms with Gasteiger partial charge in [0.1, 0.15) is 5.75 Å². The van der Waals surface area contributed by atoms with Crippen molar-refractivity contribution >= 4 is 5.78 Å². The summed E-state index contributed by atoms with van der Waals surface area (Å²) in [5.74, 6) is 0.946. The Morgan fingerprint density at radius 3 is 2.15 bits per heavy atom. The minimum absolute atomic E-state index is 0.144. The number of hydrogen-bond acceptors (Lipinski definition) is 2. The van der Waals surface area contributed by atoms with Crippen LogP contribution in [0.3, 0.4) is 0 Å². The molecule has 0 saturated heterocycles. The van der Waals surface area contributed by atoms with Gasteiger partial charge in [-0.15, -0.1) is 0 Å². The second-order valence-electron chi connectivity index (χ2n) is 4.93. The quantitative estimate of drug-likeness (QED) is 0.762. The van der Waals surface area contributed by atoms with Gasteiger partial charge in [0, 0.05) is 12.0 Å². The third-order valence-electron chi connectivity index (χ3n) is 3.47. The number of benzene rings is 2. The van der Waals surface area contributed by atoms with E-state index in [0.717, 1.165) is 16.9 Å². The molecule has 0 aliphatic rings. The molecule has 0 aromatic heterocycles. The zero-order chi connectivity index (χ0) is 14.5. The Morgan fingerprint density at radius 2 is 1.60 bits per heavy atom. The fraction of sp³-hybridized carbons (Fsp3) is 0.278. The average Bonchev–Trinajstić information content (AvgIpc) is 2.44. The summed E-state index contributed by atoms with van der Waals surface area (Å²) in [5, 5.41) is 0. The first kappa shape index (κ1) is 14.3. The smallest absolute Gasteiger partial charge is 0.167 e. The predicted molar refractivity (Wildman–Crippen MR) is 81.6 cm³/mol. The van der Waals surface area contributed by atoms with E-state index in [2.05, 4.69) is 0 Å². The molecule has 104 valence electrons. The number of carbonyl (C=O) groups excluding carboxylic acids is 1. The average molecular weight is 268 g/mol. The highest BCUT2D eigenvalue weighted by atomic mass is 16.5. The number of aryl methyl sites for hydroxylation is 2. The molecule has 0 radical (unpaired) electrons. The highest BCUT2D eigenvalue weighted by Crippen LogP contribution is 2.18. The third-order valence-corrected chi connectivity index (χ3v) is 3.47. The van der Waals surface area contributed by atoms with E-state index in [4.69, 9.17) is 4.74 Å². The maximum absolute atomic E-state index is 12.3. The summed E-state index contributed by atoms with van der Waals surface area (Å²) in [6.45, 7) is 6.68. The number of Topliss-reactive ketones (excluding diaryl/α,β-unsaturated/α-hetero) is 1. The van der Waals surface area contributed by atoms with Crippen LogP contribution in [0.15, 0.2) is 42.5 Å². The Kier molecular flexibility index (Phi) is 4.57. The summed E-state index contributed by atoms with van der Waals surface area (Å²) in [5.41, 5.74) is 4.20. The molecular formula is C18H20O2. The summed E-state index contributed by atoms with van der Waals surface area (Å²) in [6.07, 6.45) is 0.451. The molecule has 0 unspecified atom stereocenters. The molecule has 0 bridgehead atoms. The van der Waals surface area contributed by atoms with Crippen molar-refractivity contribution in [1.29, 1.82) is 0 Å². The maximum Gasteiger partial charge on any atom is 0.167 e. The fourth-order valence-corrected chi connectivity index (χ4v) is 2.29. The van der Waals surface area contributed by atoms with Gasteiger partial charge in [-0.25, -0.2) is 0 Å². The molecule has 0 aliphatic heterocycles. The van der Waals surface area contributed by atoms with Crippen LogP contribution in [-0.4, -0.2) is 12.4 Å². The molecule has 2 aromatic carbocycles. The van der Waals surface area contributed by atoms with Gasteiger partial charge in [0.15, 0.2) is 5.78 Å². The van der Waals surface area contributed by atoms with E-state index in [-0.39, 0.29) is 5.78 Å². The zero-order valence-electron chi connectivity index (χ0n) is 12.3. The lowest BCUT2D eigenvalue weighted by Crippen LogP contribution is -2.06. The first-order valence-electron chi connectivity index (χ1n) is 6.93. The van der Waals surface area contributed by atoms with Crippen molar-refractivity contribution in [3.05, 3.63) is 64.7 Å². The first-order chi connectivity index (χ1) is 9.61. The fourth-order valence-electron chi connectivity index (χ4n) is 2.29. The molecule has 0 spiro atoms. The Labute approximate surface area is 120 Å². The number of ketones is 1. The van der Waals surface area contributed by atoms with Gasteiger partial charge in [0.05, 0.1) is 6.61 Å².